The Kier molecular flexibility index (Phi) is 27.5. The zero-order valence-electron chi connectivity index (χ0n) is 24.3. The van der Waals surface area contributed by atoms with Crippen LogP contribution < -0.4 is 56.1 Å². The number of carboxylic acid groups (broad SMARTS) is 2. The number of aryl methyl sites for hydroxylation is 1. The average molecular weight is 597 g/mol. The van der Waals surface area contributed by atoms with Crippen LogP contribution in [0.15, 0.2) is 24.3 Å². The van der Waals surface area contributed by atoms with Crippen molar-refractivity contribution in [1.82, 2.24) is 0 Å². The second-order valence-corrected chi connectivity index (χ2v) is 11.2. The number of unbranched alkanes of at least 4 members (excludes halogenated alkanes) is 13. The fraction of sp³-hybridized carbons (Fsp3) is 0.690. The summed E-state index contributed by atoms with van der Waals surface area (Å²) < 4.78 is 34.4. The number of para-hydroxylation sites is 1. The maximum Gasteiger partial charge on any atom is 1.00 e. The molecule has 0 saturated heterocycles. The first-order valence-corrected chi connectivity index (χ1v) is 15.6. The van der Waals surface area contributed by atoms with E-state index in [0.717, 1.165) is 18.6 Å². The average Bonchev–Trinajstić information content (AvgIpc) is 2.86. The predicted molar refractivity (Wildman–Crippen MR) is 151 cm³/mol. The third-order valence-corrected chi connectivity index (χ3v) is 7.23. The molecule has 0 spiro atoms. The van der Waals surface area contributed by atoms with E-state index in [0.29, 0.717) is 0 Å². The van der Waals surface area contributed by atoms with Gasteiger partial charge in [-0.3, -0.25) is 14.1 Å². The van der Waals surface area contributed by atoms with Gasteiger partial charge < -0.3 is 14.9 Å². The molecule has 0 amide bonds. The van der Waals surface area contributed by atoms with Crippen LogP contribution in [0.1, 0.15) is 122 Å². The molecule has 0 aliphatic rings. The summed E-state index contributed by atoms with van der Waals surface area (Å²) in [6, 6.07) is 8.48. The number of carbonyl (C=O) groups is 2. The molecule has 0 radical (unpaired) electrons. The second-order valence-electron chi connectivity index (χ2n) is 9.59. The molecule has 220 valence electrons. The number of aliphatic carboxylic acids is 2. The van der Waals surface area contributed by atoms with Gasteiger partial charge in [-0.2, -0.15) is 15.0 Å². The third kappa shape index (κ3) is 23.9. The number of ether oxygens (including phenoxy) is 1. The summed E-state index contributed by atoms with van der Waals surface area (Å²) in [5, 5.41) is 13.9. The Labute approximate surface area is 278 Å². The Hall–Kier alpha value is -0.494. The van der Waals surface area contributed by atoms with Crippen molar-refractivity contribution in [2.75, 3.05) is 0 Å². The number of hydrogen-bond donors (Lipinski definition) is 3. The van der Waals surface area contributed by atoms with Crippen LogP contribution in [0.25, 0.3) is 0 Å². The fourth-order valence-corrected chi connectivity index (χ4v) is 4.60. The van der Waals surface area contributed by atoms with Gasteiger partial charge in [0.2, 0.25) is 0 Å². The molecule has 0 bridgehead atoms. The standard InChI is InChI=1S/C25H43O.C4H6O7S.K/c1-3-5-6-7-8-9-10-11-12-13-14-15-16-17-20-24-21-18-19-22-25(24)26-23-4-2;5-3(6)1-2(4(7)8)12(9,10)11;/h18-19,21-23H,3-17,20H2,1-2H3;2H,1H2,(H,5,6)(H,7,8)(H,9,10,11);/q-1;;+1. The first-order valence-electron chi connectivity index (χ1n) is 14.1. The molecule has 0 fully saturated rings. The van der Waals surface area contributed by atoms with E-state index in [1.165, 1.54) is 95.5 Å². The topological polar surface area (TPSA) is 138 Å². The van der Waals surface area contributed by atoms with Gasteiger partial charge in [-0.1, -0.05) is 116 Å². The van der Waals surface area contributed by atoms with Crippen LogP contribution in [-0.4, -0.2) is 40.4 Å². The first kappa shape index (κ1) is 40.6. The molecule has 0 heterocycles. The van der Waals surface area contributed by atoms with Gasteiger partial charge in [-0.25, -0.2) is 0 Å². The fourth-order valence-electron chi connectivity index (χ4n) is 3.99. The van der Waals surface area contributed by atoms with Crippen molar-refractivity contribution in [2.45, 2.75) is 128 Å². The number of rotatable bonds is 22. The summed E-state index contributed by atoms with van der Waals surface area (Å²) in [4.78, 5) is 20.0. The summed E-state index contributed by atoms with van der Waals surface area (Å²) in [5.41, 5.74) is 1.36. The molecular formula is C29H49KO8S. The molecule has 10 heteroatoms. The normalized spacial score (nSPS) is 11.6. The molecular weight excluding hydrogens is 547 g/mol. The SMILES string of the molecule is CC[CH-]Oc1ccccc1CCCCCCCCCCCCCCCC.O=C(O)CC(C(=O)O)S(=O)(=O)O.[K+]. The van der Waals surface area contributed by atoms with Crippen LogP contribution in [0.4, 0.5) is 0 Å². The zero-order chi connectivity index (χ0) is 28.7. The smallest absolute Gasteiger partial charge is 0.662 e. The molecule has 1 unspecified atom stereocenters. The van der Waals surface area contributed by atoms with Gasteiger partial charge in [0.1, 0.15) is 0 Å². The van der Waals surface area contributed by atoms with Crippen LogP contribution >= 0.6 is 0 Å². The number of hydrogen-bond acceptors (Lipinski definition) is 5. The maximum absolute atomic E-state index is 10.2. The summed E-state index contributed by atoms with van der Waals surface area (Å²) in [6.07, 6.45) is 20.8. The van der Waals surface area contributed by atoms with Gasteiger partial charge in [-0.15, -0.1) is 6.42 Å². The van der Waals surface area contributed by atoms with Crippen LogP contribution in [0, 0.1) is 6.61 Å². The van der Waals surface area contributed by atoms with E-state index in [2.05, 4.69) is 38.1 Å². The molecule has 0 aromatic heterocycles. The van der Waals surface area contributed by atoms with Crippen LogP contribution in [0.2, 0.25) is 0 Å². The molecule has 0 saturated carbocycles. The van der Waals surface area contributed by atoms with Gasteiger partial charge in [-0.05, 0) is 24.5 Å². The summed E-state index contributed by atoms with van der Waals surface area (Å²) >= 11 is 0. The molecule has 0 aliphatic heterocycles. The van der Waals surface area contributed by atoms with Crippen molar-refractivity contribution in [3.8, 4) is 5.75 Å². The van der Waals surface area contributed by atoms with Crippen molar-refractivity contribution in [2.24, 2.45) is 0 Å². The van der Waals surface area contributed by atoms with E-state index in [1.54, 1.807) is 0 Å². The monoisotopic (exact) mass is 596 g/mol. The van der Waals surface area contributed by atoms with Crippen LogP contribution in [0.5, 0.6) is 5.75 Å². The summed E-state index contributed by atoms with van der Waals surface area (Å²) in [5.74, 6) is -2.45. The van der Waals surface area contributed by atoms with Gasteiger partial charge in [0.05, 0.1) is 12.2 Å². The molecule has 0 aliphatic carbocycles. The summed E-state index contributed by atoms with van der Waals surface area (Å²) in [7, 11) is -4.84. The Balaban J connectivity index is 0. The van der Waals surface area contributed by atoms with E-state index >= 15 is 0 Å². The molecule has 1 atom stereocenters. The predicted octanol–water partition coefficient (Wildman–Crippen LogP) is 4.47. The quantitative estimate of drug-likeness (QED) is 0.0772. The summed E-state index contributed by atoms with van der Waals surface area (Å²) in [6.45, 7) is 6.29. The van der Waals surface area contributed by atoms with Gasteiger partial charge in [0.25, 0.3) is 10.1 Å². The third-order valence-electron chi connectivity index (χ3n) is 6.14. The second kappa shape index (κ2) is 26.4. The van der Waals surface area contributed by atoms with Crippen molar-refractivity contribution in [1.29, 1.82) is 0 Å². The van der Waals surface area contributed by atoms with E-state index < -0.39 is 33.7 Å². The number of benzene rings is 1. The Morgan fingerprint density at radius 3 is 1.67 bits per heavy atom. The Morgan fingerprint density at radius 1 is 0.821 bits per heavy atom. The minimum Gasteiger partial charge on any atom is -0.662 e. The minimum atomic E-state index is -4.84. The van der Waals surface area contributed by atoms with Crippen LogP contribution in [-0.2, 0) is 26.1 Å². The van der Waals surface area contributed by atoms with Crippen LogP contribution in [0.3, 0.4) is 0 Å². The molecule has 1 aromatic carbocycles. The first-order chi connectivity index (χ1) is 18.1. The van der Waals surface area contributed by atoms with Crippen molar-refractivity contribution < 1.29 is 88.9 Å². The van der Waals surface area contributed by atoms with E-state index in [4.69, 9.17) is 19.5 Å². The van der Waals surface area contributed by atoms with Crippen molar-refractivity contribution in [3.63, 3.8) is 0 Å². The molecule has 39 heavy (non-hydrogen) atoms. The maximum atomic E-state index is 10.2. The van der Waals surface area contributed by atoms with Gasteiger partial charge in [0.15, 0.2) is 5.25 Å². The molecule has 8 nitrogen and oxygen atoms in total. The molecule has 1 rings (SSSR count). The Bertz CT molecular complexity index is 861. The zero-order valence-corrected chi connectivity index (χ0v) is 28.2. The van der Waals surface area contributed by atoms with E-state index in [9.17, 15) is 18.0 Å². The van der Waals surface area contributed by atoms with Gasteiger partial charge in [0, 0.05) is 0 Å². The largest absolute Gasteiger partial charge is 1.00 e. The van der Waals surface area contributed by atoms with Crippen molar-refractivity contribution >= 4 is 22.1 Å². The van der Waals surface area contributed by atoms with E-state index in [1.807, 2.05) is 6.61 Å². The number of carboxylic acids is 2. The molecule has 3 N–H and O–H groups in total. The van der Waals surface area contributed by atoms with Gasteiger partial charge >= 0.3 is 63.3 Å². The minimum absolute atomic E-state index is 0. The van der Waals surface area contributed by atoms with E-state index in [-0.39, 0.29) is 51.4 Å². The Morgan fingerprint density at radius 2 is 1.28 bits per heavy atom. The molecule has 1 aromatic rings. The van der Waals surface area contributed by atoms with Crippen molar-refractivity contribution in [3.05, 3.63) is 36.4 Å².